The number of carbonyl (C=O) groups excluding carboxylic acids is 1. The average molecular weight is 439 g/mol. The normalized spacial score (nSPS) is 13.7. The van der Waals surface area contributed by atoms with Crippen LogP contribution >= 0.6 is 0 Å². The van der Waals surface area contributed by atoms with Crippen LogP contribution in [0.25, 0.3) is 11.1 Å². The van der Waals surface area contributed by atoms with Gasteiger partial charge in [-0.2, -0.15) is 0 Å². The summed E-state index contributed by atoms with van der Waals surface area (Å²) in [7, 11) is -2.26. The van der Waals surface area contributed by atoms with Crippen LogP contribution in [0.4, 0.5) is 0 Å². The van der Waals surface area contributed by atoms with Crippen molar-refractivity contribution >= 4 is 21.3 Å². The lowest BCUT2D eigenvalue weighted by Crippen LogP contribution is -2.19. The Morgan fingerprint density at radius 1 is 1.19 bits per heavy atom. The van der Waals surface area contributed by atoms with Crippen LogP contribution in [-0.4, -0.2) is 42.6 Å². The van der Waals surface area contributed by atoms with Gasteiger partial charge in [0.2, 0.25) is 0 Å². The van der Waals surface area contributed by atoms with Gasteiger partial charge in [0.15, 0.2) is 15.6 Å². The molecule has 0 atom stereocenters. The van der Waals surface area contributed by atoms with Crippen LogP contribution in [0, 0.1) is 6.92 Å². The second-order valence-electron chi connectivity index (χ2n) is 7.44. The zero-order valence-corrected chi connectivity index (χ0v) is 18.1. The smallest absolute Gasteiger partial charge is 0.274 e. The molecule has 0 unspecified atom stereocenters. The van der Waals surface area contributed by atoms with Crippen LogP contribution in [0.2, 0.25) is 0 Å². The molecule has 8 nitrogen and oxygen atoms in total. The van der Waals surface area contributed by atoms with E-state index in [2.05, 4.69) is 10.3 Å². The number of H-pyrrole nitrogens is 1. The lowest BCUT2D eigenvalue weighted by Gasteiger charge is -2.18. The van der Waals surface area contributed by atoms with E-state index < -0.39 is 15.4 Å². The molecule has 0 amide bonds. The van der Waals surface area contributed by atoms with Gasteiger partial charge in [0.25, 0.3) is 5.56 Å². The van der Waals surface area contributed by atoms with Crippen LogP contribution in [-0.2, 0) is 21.7 Å². The average Bonchev–Trinajstić information content (AvgIpc) is 3.38. The molecule has 3 aromatic rings. The third-order valence-corrected chi connectivity index (χ3v) is 6.48. The van der Waals surface area contributed by atoms with Gasteiger partial charge in [-0.05, 0) is 18.6 Å². The fourth-order valence-corrected chi connectivity index (χ4v) is 5.02. The third kappa shape index (κ3) is 3.61. The maximum absolute atomic E-state index is 13.4. The lowest BCUT2D eigenvalue weighted by atomic mass is 9.89. The van der Waals surface area contributed by atoms with Gasteiger partial charge in [0.1, 0.15) is 6.61 Å². The molecular weight excluding hydrogens is 418 g/mol. The minimum absolute atomic E-state index is 0.0319. The highest BCUT2D eigenvalue weighted by molar-refractivity contribution is 7.91. The number of hydrogen-bond donors (Lipinski definition) is 1. The molecule has 0 bridgehead atoms. The molecule has 1 N–H and O–H groups in total. The molecule has 4 rings (SSSR count). The fraction of sp³-hybridized carbons (Fsp3) is 0.227. The highest BCUT2D eigenvalue weighted by atomic mass is 32.2. The zero-order chi connectivity index (χ0) is 22.3. The number of aromatic amines is 1. The van der Waals surface area contributed by atoms with Crippen molar-refractivity contribution in [2.75, 3.05) is 12.9 Å². The molecule has 0 saturated carbocycles. The molecule has 1 aliphatic rings. The molecule has 0 spiro atoms. The van der Waals surface area contributed by atoms with Gasteiger partial charge in [-0.3, -0.25) is 14.3 Å². The second-order valence-corrected chi connectivity index (χ2v) is 9.39. The van der Waals surface area contributed by atoms with E-state index in [0.717, 1.165) is 6.26 Å². The Hall–Kier alpha value is -3.46. The summed E-state index contributed by atoms with van der Waals surface area (Å²) in [5, 5.41) is 6.79. The van der Waals surface area contributed by atoms with Gasteiger partial charge in [0.05, 0.1) is 16.2 Å². The van der Waals surface area contributed by atoms with E-state index >= 15 is 0 Å². The largest absolute Gasteiger partial charge is 0.395 e. The highest BCUT2D eigenvalue weighted by Crippen LogP contribution is 2.35. The van der Waals surface area contributed by atoms with Gasteiger partial charge in [0, 0.05) is 48.2 Å². The van der Waals surface area contributed by atoms with Gasteiger partial charge < -0.3 is 9.94 Å². The fourth-order valence-electron chi connectivity index (χ4n) is 3.81. The van der Waals surface area contributed by atoms with Gasteiger partial charge in [-0.15, -0.1) is 0 Å². The van der Waals surface area contributed by atoms with Crippen molar-refractivity contribution in [2.24, 2.45) is 12.2 Å². The van der Waals surface area contributed by atoms with Crippen molar-refractivity contribution in [3.63, 3.8) is 0 Å². The third-order valence-electron chi connectivity index (χ3n) is 5.31. The molecule has 1 aliphatic heterocycles. The number of oxime groups is 1. The van der Waals surface area contributed by atoms with E-state index in [-0.39, 0.29) is 21.8 Å². The summed E-state index contributed by atoms with van der Waals surface area (Å²) in [6, 6.07) is 10.2. The van der Waals surface area contributed by atoms with Crippen molar-refractivity contribution in [1.29, 1.82) is 0 Å². The molecule has 0 aliphatic carbocycles. The minimum Gasteiger partial charge on any atom is -0.395 e. The molecule has 9 heteroatoms. The van der Waals surface area contributed by atoms with E-state index in [0.29, 0.717) is 41.0 Å². The number of hydrogen-bond acceptors (Lipinski definition) is 6. The maximum atomic E-state index is 13.4. The summed E-state index contributed by atoms with van der Waals surface area (Å²) >= 11 is 0. The summed E-state index contributed by atoms with van der Waals surface area (Å²) in [6.07, 6.45) is 2.92. The van der Waals surface area contributed by atoms with E-state index in [1.807, 2.05) is 0 Å². The maximum Gasteiger partial charge on any atom is 0.274 e. The number of aromatic nitrogens is 2. The van der Waals surface area contributed by atoms with Crippen LogP contribution in [0.3, 0.4) is 0 Å². The number of carbonyl (C=O) groups is 1. The second kappa shape index (κ2) is 7.66. The van der Waals surface area contributed by atoms with Gasteiger partial charge >= 0.3 is 0 Å². The van der Waals surface area contributed by atoms with E-state index in [9.17, 15) is 18.0 Å². The first-order valence-electron chi connectivity index (χ1n) is 9.61. The molecule has 0 fully saturated rings. The van der Waals surface area contributed by atoms with Gasteiger partial charge in [-0.25, -0.2) is 8.42 Å². The minimum atomic E-state index is -3.80. The van der Waals surface area contributed by atoms with Crippen molar-refractivity contribution < 1.29 is 18.0 Å². The van der Waals surface area contributed by atoms with Crippen LogP contribution < -0.4 is 5.56 Å². The molecule has 160 valence electrons. The van der Waals surface area contributed by atoms with Crippen LogP contribution in [0.1, 0.15) is 33.5 Å². The first-order valence-corrected chi connectivity index (χ1v) is 11.5. The van der Waals surface area contributed by atoms with E-state index in [1.54, 1.807) is 37.3 Å². The Bertz CT molecular complexity index is 1380. The summed E-state index contributed by atoms with van der Waals surface area (Å²) in [5.41, 5.74) is 1.93. The molecule has 0 saturated heterocycles. The Morgan fingerprint density at radius 2 is 1.90 bits per heavy atom. The van der Waals surface area contributed by atoms with E-state index in [4.69, 9.17) is 4.84 Å². The van der Waals surface area contributed by atoms with Crippen molar-refractivity contribution in [1.82, 2.24) is 9.78 Å². The number of aryl methyl sites for hydroxylation is 1. The number of nitrogens with one attached hydrogen (secondary N) is 1. The molecule has 31 heavy (non-hydrogen) atoms. The Kier molecular flexibility index (Phi) is 5.14. The Morgan fingerprint density at radius 3 is 2.45 bits per heavy atom. The number of sulfone groups is 1. The summed E-state index contributed by atoms with van der Waals surface area (Å²) < 4.78 is 27.1. The van der Waals surface area contributed by atoms with Crippen LogP contribution in [0.5, 0.6) is 0 Å². The standard InChI is InChI=1S/C22H21N3O5S/c1-13-15(20(26)14-7-5-4-6-8-14)11-16(17-12-23-25(2)22(17)27)21(31(3,28)29)19(13)18-9-10-30-24-18/h4-8,11-12,23H,9-10H2,1-3H3. The molecule has 2 aromatic carbocycles. The van der Waals surface area contributed by atoms with E-state index in [1.165, 1.54) is 24.0 Å². The van der Waals surface area contributed by atoms with Gasteiger partial charge in [-0.1, -0.05) is 35.5 Å². The van der Waals surface area contributed by atoms with Crippen LogP contribution in [0.15, 0.2) is 57.4 Å². The van der Waals surface area contributed by atoms with Crippen molar-refractivity contribution in [3.8, 4) is 11.1 Å². The summed E-state index contributed by atoms with van der Waals surface area (Å²) in [6.45, 7) is 2.01. The molecule has 0 radical (unpaired) electrons. The Balaban J connectivity index is 2.13. The zero-order valence-electron chi connectivity index (χ0n) is 17.3. The first kappa shape index (κ1) is 20.8. The molecular formula is C22H21N3O5S. The SMILES string of the molecule is Cc1c(C(=O)c2ccccc2)cc(-c2c[nH]n(C)c2=O)c(S(C)(=O)=O)c1C1=NOCC1. The topological polar surface area (TPSA) is 111 Å². The molecule has 1 aromatic heterocycles. The highest BCUT2D eigenvalue weighted by Gasteiger charge is 2.31. The first-order chi connectivity index (χ1) is 14.7. The Labute approximate surface area is 179 Å². The number of nitrogens with zero attached hydrogens (tertiary/aromatic N) is 2. The van der Waals surface area contributed by atoms with Crippen molar-refractivity contribution in [3.05, 3.63) is 75.2 Å². The number of rotatable bonds is 5. The predicted octanol–water partition coefficient (Wildman–Crippen LogP) is 2.45. The quantitative estimate of drug-likeness (QED) is 0.614. The summed E-state index contributed by atoms with van der Waals surface area (Å²) in [5.74, 6) is -0.271. The summed E-state index contributed by atoms with van der Waals surface area (Å²) in [4.78, 5) is 31.2. The number of benzene rings is 2. The molecule has 2 heterocycles. The number of ketones is 1. The van der Waals surface area contributed by atoms with Crippen molar-refractivity contribution in [2.45, 2.75) is 18.2 Å². The predicted molar refractivity (Wildman–Crippen MR) is 116 cm³/mol. The monoisotopic (exact) mass is 439 g/mol. The lowest BCUT2D eigenvalue weighted by molar-refractivity contribution is 0.103.